The number of pyridine rings is 2. The van der Waals surface area contributed by atoms with Gasteiger partial charge in [0.1, 0.15) is 22.8 Å². The Balaban J connectivity index is 1.36. The van der Waals surface area contributed by atoms with Crippen molar-refractivity contribution in [1.82, 2.24) is 24.8 Å². The molecule has 1 fully saturated rings. The van der Waals surface area contributed by atoms with Crippen LogP contribution in [0.5, 0.6) is 0 Å². The van der Waals surface area contributed by atoms with Gasteiger partial charge >= 0.3 is 0 Å². The molecule has 0 atom stereocenters. The van der Waals surface area contributed by atoms with Crippen LogP contribution in [0.2, 0.25) is 0 Å². The summed E-state index contributed by atoms with van der Waals surface area (Å²) >= 11 is 0. The summed E-state index contributed by atoms with van der Waals surface area (Å²) in [6.45, 7) is 7.24. The predicted molar refractivity (Wildman–Crippen MR) is 125 cm³/mol. The van der Waals surface area contributed by atoms with E-state index in [1.807, 2.05) is 12.1 Å². The number of likely N-dealkylation sites (N-methyl/N-ethyl adjacent to an activating group) is 1. The molecule has 4 heterocycles. The van der Waals surface area contributed by atoms with E-state index in [9.17, 15) is 8.78 Å². The van der Waals surface area contributed by atoms with Crippen LogP contribution in [0.25, 0.3) is 22.2 Å². The Bertz CT molecular complexity index is 1270. The topological polar surface area (TPSA) is 70.1 Å². The maximum absolute atomic E-state index is 14.5. The Morgan fingerprint density at radius 1 is 0.939 bits per heavy atom. The first-order valence-corrected chi connectivity index (χ1v) is 10.9. The van der Waals surface area contributed by atoms with Crippen LogP contribution in [0.3, 0.4) is 0 Å². The van der Waals surface area contributed by atoms with E-state index in [4.69, 9.17) is 0 Å². The molecule has 5 rings (SSSR count). The van der Waals surface area contributed by atoms with Gasteiger partial charge in [-0.25, -0.2) is 23.7 Å². The molecule has 0 amide bonds. The average Bonchev–Trinajstić information content (AvgIpc) is 2.86. The first-order chi connectivity index (χ1) is 16.1. The van der Waals surface area contributed by atoms with E-state index in [2.05, 4.69) is 42.0 Å². The van der Waals surface area contributed by atoms with E-state index in [1.54, 1.807) is 24.4 Å². The molecule has 1 aromatic carbocycles. The normalized spacial score (nSPS) is 14.6. The highest BCUT2D eigenvalue weighted by Gasteiger charge is 2.17. The molecule has 1 saturated heterocycles. The van der Waals surface area contributed by atoms with Gasteiger partial charge in [0.2, 0.25) is 5.95 Å². The molecule has 1 aliphatic heterocycles. The molecule has 9 heteroatoms. The van der Waals surface area contributed by atoms with Gasteiger partial charge in [-0.15, -0.1) is 0 Å². The van der Waals surface area contributed by atoms with Gasteiger partial charge < -0.3 is 15.1 Å². The third kappa shape index (κ3) is 4.45. The molecular formula is C24H23F2N7. The number of aromatic nitrogens is 4. The fourth-order valence-electron chi connectivity index (χ4n) is 4.00. The summed E-state index contributed by atoms with van der Waals surface area (Å²) in [7, 11) is 0. The molecular weight excluding hydrogens is 424 g/mol. The number of halogens is 2. The Labute approximate surface area is 190 Å². The average molecular weight is 447 g/mol. The Kier molecular flexibility index (Phi) is 5.78. The Morgan fingerprint density at radius 3 is 2.55 bits per heavy atom. The number of hydrogen-bond donors (Lipinski definition) is 1. The van der Waals surface area contributed by atoms with Crippen molar-refractivity contribution in [3.63, 3.8) is 0 Å². The number of fused-ring (bicyclic) bond motifs is 1. The van der Waals surface area contributed by atoms with Gasteiger partial charge in [-0.05, 0) is 36.9 Å². The lowest BCUT2D eigenvalue weighted by atomic mass is 10.1. The van der Waals surface area contributed by atoms with Crippen LogP contribution in [-0.2, 0) is 0 Å². The van der Waals surface area contributed by atoms with Gasteiger partial charge in [-0.1, -0.05) is 13.0 Å². The number of benzene rings is 1. The minimum atomic E-state index is -0.641. The summed E-state index contributed by atoms with van der Waals surface area (Å²) in [6, 6.07) is 10.2. The van der Waals surface area contributed by atoms with Crippen molar-refractivity contribution < 1.29 is 8.78 Å². The predicted octanol–water partition coefficient (Wildman–Crippen LogP) is 4.25. The number of nitrogens with one attached hydrogen (secondary N) is 1. The largest absolute Gasteiger partial charge is 0.368 e. The lowest BCUT2D eigenvalue weighted by Crippen LogP contribution is -2.46. The summed E-state index contributed by atoms with van der Waals surface area (Å²) in [6.07, 6.45) is 4.39. The van der Waals surface area contributed by atoms with Gasteiger partial charge in [-0.3, -0.25) is 4.98 Å². The van der Waals surface area contributed by atoms with Crippen LogP contribution in [0.4, 0.5) is 26.2 Å². The van der Waals surface area contributed by atoms with Gasteiger partial charge in [0.15, 0.2) is 5.82 Å². The van der Waals surface area contributed by atoms with E-state index in [-0.39, 0.29) is 17.2 Å². The molecule has 0 aliphatic carbocycles. The lowest BCUT2D eigenvalue weighted by molar-refractivity contribution is 0.271. The van der Waals surface area contributed by atoms with Crippen molar-refractivity contribution in [2.24, 2.45) is 0 Å². The third-order valence-electron chi connectivity index (χ3n) is 5.85. The van der Waals surface area contributed by atoms with E-state index >= 15 is 0 Å². The third-order valence-corrected chi connectivity index (χ3v) is 5.85. The minimum Gasteiger partial charge on any atom is -0.368 e. The Hall–Kier alpha value is -3.72. The summed E-state index contributed by atoms with van der Waals surface area (Å²) in [5, 5.41) is 3.57. The van der Waals surface area contributed by atoms with Crippen LogP contribution in [-0.4, -0.2) is 57.6 Å². The van der Waals surface area contributed by atoms with E-state index < -0.39 is 11.6 Å². The van der Waals surface area contributed by atoms with Crippen molar-refractivity contribution in [2.75, 3.05) is 42.9 Å². The zero-order valence-corrected chi connectivity index (χ0v) is 18.2. The second kappa shape index (κ2) is 9.03. The molecule has 4 aromatic rings. The number of piperazine rings is 1. The molecule has 7 nitrogen and oxygen atoms in total. The summed E-state index contributed by atoms with van der Waals surface area (Å²) in [5.41, 5.74) is 1.60. The highest BCUT2D eigenvalue weighted by atomic mass is 19.1. The van der Waals surface area contributed by atoms with Crippen molar-refractivity contribution in [2.45, 2.75) is 6.92 Å². The molecule has 168 valence electrons. The van der Waals surface area contributed by atoms with Crippen molar-refractivity contribution >= 4 is 28.4 Å². The van der Waals surface area contributed by atoms with Crippen molar-refractivity contribution in [1.29, 1.82) is 0 Å². The number of rotatable bonds is 5. The molecule has 3 aromatic heterocycles. The van der Waals surface area contributed by atoms with Crippen molar-refractivity contribution in [3.05, 3.63) is 66.6 Å². The maximum atomic E-state index is 14.5. The molecule has 0 unspecified atom stereocenters. The summed E-state index contributed by atoms with van der Waals surface area (Å²) in [4.78, 5) is 21.5. The van der Waals surface area contributed by atoms with Crippen molar-refractivity contribution in [3.8, 4) is 11.3 Å². The minimum absolute atomic E-state index is 0.00238. The van der Waals surface area contributed by atoms with E-state index in [1.165, 1.54) is 12.3 Å². The fourth-order valence-corrected chi connectivity index (χ4v) is 4.00. The van der Waals surface area contributed by atoms with Gasteiger partial charge in [-0.2, -0.15) is 0 Å². The van der Waals surface area contributed by atoms with Gasteiger partial charge in [0, 0.05) is 43.3 Å². The zero-order chi connectivity index (χ0) is 22.8. The molecule has 1 N–H and O–H groups in total. The lowest BCUT2D eigenvalue weighted by Gasteiger charge is -2.35. The smallest absolute Gasteiger partial charge is 0.229 e. The number of nitrogens with zero attached hydrogens (tertiary/aromatic N) is 6. The van der Waals surface area contributed by atoms with E-state index in [0.717, 1.165) is 44.6 Å². The number of anilines is 3. The molecule has 33 heavy (non-hydrogen) atoms. The highest BCUT2D eigenvalue weighted by Crippen LogP contribution is 2.27. The molecule has 0 spiro atoms. The van der Waals surface area contributed by atoms with Crippen LogP contribution < -0.4 is 10.2 Å². The van der Waals surface area contributed by atoms with Crippen LogP contribution >= 0.6 is 0 Å². The molecule has 0 radical (unpaired) electrons. The van der Waals surface area contributed by atoms with Crippen LogP contribution in [0.1, 0.15) is 6.92 Å². The van der Waals surface area contributed by atoms with Crippen LogP contribution in [0, 0.1) is 11.6 Å². The van der Waals surface area contributed by atoms with Gasteiger partial charge in [0.25, 0.3) is 0 Å². The second-order valence-corrected chi connectivity index (χ2v) is 7.87. The van der Waals surface area contributed by atoms with Crippen LogP contribution in [0.15, 0.2) is 55.0 Å². The standard InChI is InChI=1S/C24H23F2N7/c1-2-32-8-10-33(11-9-32)18-5-6-21(28-14-18)30-24-29-15-20(26)23(31-24)17-12-16-4-3-7-27-22(16)19(25)13-17/h3-7,12-15H,2,8-11H2,1H3,(H,28,29,30,31). The number of hydrogen-bond acceptors (Lipinski definition) is 7. The monoisotopic (exact) mass is 447 g/mol. The SMILES string of the molecule is CCN1CCN(c2ccc(Nc3ncc(F)c(-c4cc(F)c5ncccc5c4)n3)nc2)CC1. The first kappa shape index (κ1) is 21.1. The van der Waals surface area contributed by atoms with E-state index in [0.29, 0.717) is 16.8 Å². The maximum Gasteiger partial charge on any atom is 0.229 e. The zero-order valence-electron chi connectivity index (χ0n) is 18.2. The first-order valence-electron chi connectivity index (χ1n) is 10.9. The van der Waals surface area contributed by atoms with Gasteiger partial charge in [0.05, 0.1) is 18.1 Å². The molecule has 0 bridgehead atoms. The summed E-state index contributed by atoms with van der Waals surface area (Å²) in [5.74, 6) is -0.460. The molecule has 1 aliphatic rings. The molecule has 0 saturated carbocycles. The second-order valence-electron chi connectivity index (χ2n) is 7.87. The highest BCUT2D eigenvalue weighted by molar-refractivity contribution is 5.84. The summed E-state index contributed by atoms with van der Waals surface area (Å²) < 4.78 is 29.0. The fraction of sp³-hybridized carbons (Fsp3) is 0.250. The Morgan fingerprint density at radius 2 is 1.79 bits per heavy atom. The quantitative estimate of drug-likeness (QED) is 0.490.